The van der Waals surface area contributed by atoms with Gasteiger partial charge in [0.2, 0.25) is 5.95 Å². The minimum Gasteiger partial charge on any atom is -0.278 e. The van der Waals surface area contributed by atoms with Crippen molar-refractivity contribution in [2.24, 2.45) is 0 Å². The molecule has 0 N–H and O–H groups in total. The molecule has 9 rings (SSSR count). The first-order chi connectivity index (χ1) is 20.9. The molecule has 0 radical (unpaired) electrons. The van der Waals surface area contributed by atoms with Crippen LogP contribution in [0.1, 0.15) is 50.1 Å². The van der Waals surface area contributed by atoms with E-state index in [9.17, 15) is 0 Å². The number of para-hydroxylation sites is 1. The molecule has 3 heteroatoms. The maximum Gasteiger partial charge on any atom is 0.235 e. The van der Waals surface area contributed by atoms with Crippen LogP contribution in [0.15, 0.2) is 115 Å². The van der Waals surface area contributed by atoms with E-state index in [1.165, 1.54) is 44.2 Å². The molecule has 0 bridgehead atoms. The third-order valence-corrected chi connectivity index (χ3v) is 9.98. The second kappa shape index (κ2) is 8.29. The van der Waals surface area contributed by atoms with Crippen molar-refractivity contribution in [3.63, 3.8) is 0 Å². The van der Waals surface area contributed by atoms with E-state index in [-0.39, 0.29) is 10.8 Å². The summed E-state index contributed by atoms with van der Waals surface area (Å²) in [5, 5.41) is 2.45. The molecule has 5 aromatic carbocycles. The molecule has 0 unspecified atom stereocenters. The van der Waals surface area contributed by atoms with Gasteiger partial charge in [0.25, 0.3) is 0 Å². The van der Waals surface area contributed by atoms with Crippen LogP contribution < -0.4 is 0 Å². The van der Waals surface area contributed by atoms with Crippen LogP contribution in [0.25, 0.3) is 61.3 Å². The summed E-state index contributed by atoms with van der Waals surface area (Å²) in [6.07, 6.45) is 0. The number of hydrogen-bond acceptors (Lipinski definition) is 2. The summed E-state index contributed by atoms with van der Waals surface area (Å²) in [6.45, 7) is 9.27. The molecule has 2 heterocycles. The van der Waals surface area contributed by atoms with Crippen molar-refractivity contribution >= 4 is 21.8 Å². The Hall–Kier alpha value is -5.02. The molecular formula is C40H31N3. The van der Waals surface area contributed by atoms with Crippen molar-refractivity contribution < 1.29 is 0 Å². The van der Waals surface area contributed by atoms with Gasteiger partial charge in [-0.2, -0.15) is 0 Å². The number of rotatable bonds is 2. The molecule has 0 saturated carbocycles. The normalized spacial score (nSPS) is 15.3. The fourth-order valence-corrected chi connectivity index (χ4v) is 7.81. The molecule has 0 aliphatic heterocycles. The maximum atomic E-state index is 5.47. The van der Waals surface area contributed by atoms with E-state index >= 15 is 0 Å². The van der Waals surface area contributed by atoms with Gasteiger partial charge in [-0.3, -0.25) is 4.57 Å². The third-order valence-electron chi connectivity index (χ3n) is 9.98. The second-order valence-corrected chi connectivity index (χ2v) is 13.1. The molecule has 2 aliphatic rings. The predicted octanol–water partition coefficient (Wildman–Crippen LogP) is 9.85. The molecule has 2 aliphatic carbocycles. The monoisotopic (exact) mass is 553 g/mol. The van der Waals surface area contributed by atoms with Crippen LogP contribution in [-0.2, 0) is 10.8 Å². The van der Waals surface area contributed by atoms with Gasteiger partial charge in [0, 0.05) is 32.7 Å². The first-order valence-electron chi connectivity index (χ1n) is 15.1. The van der Waals surface area contributed by atoms with E-state index in [2.05, 4.69) is 148 Å². The molecule has 3 nitrogen and oxygen atoms in total. The molecule has 206 valence electrons. The Morgan fingerprint density at radius 3 is 1.95 bits per heavy atom. The highest BCUT2D eigenvalue weighted by Crippen LogP contribution is 2.53. The van der Waals surface area contributed by atoms with Crippen LogP contribution in [0.3, 0.4) is 0 Å². The first kappa shape index (κ1) is 24.6. The molecule has 0 fully saturated rings. The minimum atomic E-state index is -0.253. The summed E-state index contributed by atoms with van der Waals surface area (Å²) in [4.78, 5) is 10.9. The van der Waals surface area contributed by atoms with Crippen LogP contribution in [0.5, 0.6) is 0 Å². The Kier molecular flexibility index (Phi) is 4.74. The van der Waals surface area contributed by atoms with Gasteiger partial charge in [-0.1, -0.05) is 125 Å². The molecule has 7 aromatic rings. The minimum absolute atomic E-state index is 0.0982. The highest BCUT2D eigenvalue weighted by Gasteiger charge is 2.40. The molecule has 43 heavy (non-hydrogen) atoms. The van der Waals surface area contributed by atoms with E-state index < -0.39 is 0 Å². The number of aromatic nitrogens is 3. The molecule has 2 aromatic heterocycles. The van der Waals surface area contributed by atoms with Crippen LogP contribution in [0.2, 0.25) is 0 Å². The SMILES string of the molecule is CC1(C)c2ccccc2-c2cc3c4ccccc4n(-c4nc(-c5ccccc5)c5c(n4)C(C)(C)c4ccccc4-5)c3cc21. The van der Waals surface area contributed by atoms with Gasteiger partial charge >= 0.3 is 0 Å². The largest absolute Gasteiger partial charge is 0.278 e. The summed E-state index contributed by atoms with van der Waals surface area (Å²) in [6, 6.07) is 41.7. The molecule has 0 amide bonds. The Bertz CT molecular complexity index is 2290. The van der Waals surface area contributed by atoms with Crippen molar-refractivity contribution in [3.05, 3.63) is 138 Å². The van der Waals surface area contributed by atoms with Crippen molar-refractivity contribution in [2.75, 3.05) is 0 Å². The molecule has 0 saturated heterocycles. The van der Waals surface area contributed by atoms with E-state index in [0.717, 1.165) is 39.5 Å². The summed E-state index contributed by atoms with van der Waals surface area (Å²) in [5.74, 6) is 0.720. The standard InChI is InChI=1S/C40H31N3/c1-39(2)30-19-11-8-16-25(30)28-22-29-26-17-10-13-21-33(26)43(34(29)23-32(28)39)38-41-36(24-14-6-5-7-15-24)35-27-18-9-12-20-31(27)40(3,4)37(35)42-38/h5-23H,1-4H3. The molecule has 0 spiro atoms. The number of fused-ring (bicyclic) bond motifs is 9. The molecule has 0 atom stereocenters. The second-order valence-electron chi connectivity index (χ2n) is 13.1. The van der Waals surface area contributed by atoms with Gasteiger partial charge < -0.3 is 0 Å². The van der Waals surface area contributed by atoms with Gasteiger partial charge in [0.05, 0.1) is 22.4 Å². The van der Waals surface area contributed by atoms with Crippen molar-refractivity contribution in [2.45, 2.75) is 38.5 Å². The average Bonchev–Trinajstić information content (AvgIpc) is 3.57. The fraction of sp³-hybridized carbons (Fsp3) is 0.150. The van der Waals surface area contributed by atoms with Crippen LogP contribution >= 0.6 is 0 Å². The smallest absolute Gasteiger partial charge is 0.235 e. The zero-order valence-electron chi connectivity index (χ0n) is 24.8. The fourth-order valence-electron chi connectivity index (χ4n) is 7.81. The quantitative estimate of drug-likeness (QED) is 0.213. The highest BCUT2D eigenvalue weighted by molar-refractivity contribution is 6.11. The van der Waals surface area contributed by atoms with E-state index in [4.69, 9.17) is 9.97 Å². The van der Waals surface area contributed by atoms with Crippen LogP contribution in [-0.4, -0.2) is 14.5 Å². The highest BCUT2D eigenvalue weighted by atomic mass is 15.2. The maximum absolute atomic E-state index is 5.47. The van der Waals surface area contributed by atoms with Gasteiger partial charge in [-0.15, -0.1) is 0 Å². The van der Waals surface area contributed by atoms with E-state index in [1.54, 1.807) is 0 Å². The molecular weight excluding hydrogens is 522 g/mol. The van der Waals surface area contributed by atoms with E-state index in [1.807, 2.05) is 0 Å². The number of benzene rings is 5. The number of hydrogen-bond donors (Lipinski definition) is 0. The Morgan fingerprint density at radius 1 is 0.512 bits per heavy atom. The summed E-state index contributed by atoms with van der Waals surface area (Å²) >= 11 is 0. The van der Waals surface area contributed by atoms with Gasteiger partial charge in [-0.25, -0.2) is 9.97 Å². The lowest BCUT2D eigenvalue weighted by Gasteiger charge is -2.22. The number of nitrogens with zero attached hydrogens (tertiary/aromatic N) is 3. The zero-order chi connectivity index (χ0) is 29.1. The van der Waals surface area contributed by atoms with Crippen molar-refractivity contribution in [3.8, 4) is 39.5 Å². The van der Waals surface area contributed by atoms with Gasteiger partial charge in [0.15, 0.2) is 0 Å². The van der Waals surface area contributed by atoms with Crippen molar-refractivity contribution in [1.29, 1.82) is 0 Å². The van der Waals surface area contributed by atoms with Crippen LogP contribution in [0.4, 0.5) is 0 Å². The summed E-state index contributed by atoms with van der Waals surface area (Å²) in [5.41, 5.74) is 14.2. The lowest BCUT2D eigenvalue weighted by atomic mass is 9.82. The van der Waals surface area contributed by atoms with Gasteiger partial charge in [-0.05, 0) is 51.6 Å². The lowest BCUT2D eigenvalue weighted by Crippen LogP contribution is -2.19. The zero-order valence-corrected chi connectivity index (χ0v) is 24.8. The first-order valence-corrected chi connectivity index (χ1v) is 15.1. The Balaban J connectivity index is 1.40. The summed E-state index contributed by atoms with van der Waals surface area (Å²) < 4.78 is 2.30. The van der Waals surface area contributed by atoms with Gasteiger partial charge in [0.1, 0.15) is 0 Å². The third kappa shape index (κ3) is 3.14. The topological polar surface area (TPSA) is 30.7 Å². The Labute approximate surface area is 251 Å². The predicted molar refractivity (Wildman–Crippen MR) is 177 cm³/mol. The summed E-state index contributed by atoms with van der Waals surface area (Å²) in [7, 11) is 0. The Morgan fingerprint density at radius 2 is 1.16 bits per heavy atom. The van der Waals surface area contributed by atoms with E-state index in [0.29, 0.717) is 0 Å². The van der Waals surface area contributed by atoms with Crippen LogP contribution in [0, 0.1) is 0 Å². The average molecular weight is 554 g/mol. The lowest BCUT2D eigenvalue weighted by molar-refractivity contribution is 0.632. The van der Waals surface area contributed by atoms with Crippen molar-refractivity contribution in [1.82, 2.24) is 14.5 Å².